The number of amides is 2. The number of nitrogens with one attached hydrogen (secondary N) is 2. The molecule has 2 amide bonds. The zero-order valence-corrected chi connectivity index (χ0v) is 12.8. The molecule has 2 N–H and O–H groups in total. The summed E-state index contributed by atoms with van der Waals surface area (Å²) in [4.78, 5) is 23.4. The number of urea groups is 1. The second kappa shape index (κ2) is 8.38. The molecule has 1 saturated heterocycles. The van der Waals surface area contributed by atoms with E-state index in [9.17, 15) is 9.59 Å². The molecule has 6 heteroatoms. The molecule has 120 valence electrons. The monoisotopic (exact) mass is 306 g/mol. The Bertz CT molecular complexity index is 495. The van der Waals surface area contributed by atoms with Gasteiger partial charge >= 0.3 is 12.0 Å². The van der Waals surface area contributed by atoms with Crippen molar-refractivity contribution in [3.63, 3.8) is 0 Å². The van der Waals surface area contributed by atoms with E-state index < -0.39 is 0 Å². The Hall–Kier alpha value is -2.08. The molecule has 1 aromatic carbocycles. The van der Waals surface area contributed by atoms with Gasteiger partial charge in [-0.25, -0.2) is 9.59 Å². The van der Waals surface area contributed by atoms with Crippen LogP contribution in [0.2, 0.25) is 0 Å². The van der Waals surface area contributed by atoms with Crippen LogP contribution < -0.4 is 10.6 Å². The molecule has 0 bridgehead atoms. The second-order valence-electron chi connectivity index (χ2n) is 5.28. The summed E-state index contributed by atoms with van der Waals surface area (Å²) in [5.74, 6) is 0.0422. The average molecular weight is 306 g/mol. The fraction of sp³-hybridized carbons (Fsp3) is 0.500. The SMILES string of the molecule is CCCOC(=O)c1ccc(NC(=O)NCC2CCOC2)cc1. The minimum absolute atomic E-state index is 0.256. The highest BCUT2D eigenvalue weighted by Crippen LogP contribution is 2.12. The van der Waals surface area contributed by atoms with E-state index in [1.54, 1.807) is 24.3 Å². The van der Waals surface area contributed by atoms with Crippen molar-refractivity contribution < 1.29 is 19.1 Å². The topological polar surface area (TPSA) is 76.7 Å². The quantitative estimate of drug-likeness (QED) is 0.791. The summed E-state index contributed by atoms with van der Waals surface area (Å²) < 4.78 is 10.3. The number of hydrogen-bond acceptors (Lipinski definition) is 4. The molecule has 1 fully saturated rings. The summed E-state index contributed by atoms with van der Waals surface area (Å²) in [7, 11) is 0. The Morgan fingerprint density at radius 2 is 2.09 bits per heavy atom. The van der Waals surface area contributed by atoms with Crippen molar-refractivity contribution in [1.29, 1.82) is 0 Å². The van der Waals surface area contributed by atoms with E-state index >= 15 is 0 Å². The van der Waals surface area contributed by atoms with Crippen LogP contribution in [-0.4, -0.2) is 38.4 Å². The number of carbonyl (C=O) groups is 2. The molecule has 0 radical (unpaired) electrons. The molecule has 1 heterocycles. The third kappa shape index (κ3) is 5.04. The van der Waals surface area contributed by atoms with Gasteiger partial charge in [0.2, 0.25) is 0 Å². The lowest BCUT2D eigenvalue weighted by Gasteiger charge is -2.11. The summed E-state index contributed by atoms with van der Waals surface area (Å²) in [5.41, 5.74) is 1.11. The van der Waals surface area contributed by atoms with Gasteiger partial charge in [-0.2, -0.15) is 0 Å². The fourth-order valence-corrected chi connectivity index (χ4v) is 2.12. The maximum Gasteiger partial charge on any atom is 0.338 e. The van der Waals surface area contributed by atoms with E-state index in [4.69, 9.17) is 9.47 Å². The van der Waals surface area contributed by atoms with E-state index in [-0.39, 0.29) is 12.0 Å². The highest BCUT2D eigenvalue weighted by atomic mass is 16.5. The van der Waals surface area contributed by atoms with E-state index in [1.165, 1.54) is 0 Å². The van der Waals surface area contributed by atoms with Crippen molar-refractivity contribution in [2.24, 2.45) is 5.92 Å². The van der Waals surface area contributed by atoms with Gasteiger partial charge in [0, 0.05) is 24.8 Å². The van der Waals surface area contributed by atoms with Gasteiger partial charge in [0.25, 0.3) is 0 Å². The molecule has 0 saturated carbocycles. The molecule has 22 heavy (non-hydrogen) atoms. The van der Waals surface area contributed by atoms with Crippen LogP contribution in [0.1, 0.15) is 30.1 Å². The lowest BCUT2D eigenvalue weighted by atomic mass is 10.1. The minimum Gasteiger partial charge on any atom is -0.462 e. The van der Waals surface area contributed by atoms with E-state index in [1.807, 2.05) is 6.92 Å². The number of ether oxygens (including phenoxy) is 2. The summed E-state index contributed by atoms with van der Waals surface area (Å²) in [6, 6.07) is 6.38. The number of anilines is 1. The maximum absolute atomic E-state index is 11.8. The summed E-state index contributed by atoms with van der Waals surface area (Å²) in [5, 5.41) is 5.55. The molecule has 1 aromatic rings. The number of rotatable bonds is 6. The molecule has 0 aromatic heterocycles. The van der Waals surface area contributed by atoms with Crippen LogP contribution in [0.25, 0.3) is 0 Å². The lowest BCUT2D eigenvalue weighted by molar-refractivity contribution is 0.0505. The Kier molecular flexibility index (Phi) is 6.21. The molecule has 1 aliphatic rings. The predicted molar refractivity (Wildman–Crippen MR) is 83.0 cm³/mol. The average Bonchev–Trinajstić information content (AvgIpc) is 3.05. The van der Waals surface area contributed by atoms with E-state index in [2.05, 4.69) is 10.6 Å². The van der Waals surface area contributed by atoms with Crippen molar-refractivity contribution in [2.75, 3.05) is 31.7 Å². The first-order valence-electron chi connectivity index (χ1n) is 7.59. The lowest BCUT2D eigenvalue weighted by Crippen LogP contribution is -2.33. The number of carbonyl (C=O) groups excluding carboxylic acids is 2. The third-order valence-corrected chi connectivity index (χ3v) is 3.39. The smallest absolute Gasteiger partial charge is 0.338 e. The molecular formula is C16H22N2O4. The van der Waals surface area contributed by atoms with Crippen LogP contribution >= 0.6 is 0 Å². The summed E-state index contributed by atoms with van der Waals surface area (Å²) in [6.07, 6.45) is 1.77. The highest BCUT2D eigenvalue weighted by molar-refractivity contribution is 5.92. The van der Waals surface area contributed by atoms with Gasteiger partial charge in [-0.1, -0.05) is 6.92 Å². The first-order valence-corrected chi connectivity index (χ1v) is 7.59. The van der Waals surface area contributed by atoms with E-state index in [0.717, 1.165) is 19.4 Å². The van der Waals surface area contributed by atoms with Crippen LogP contribution in [0.3, 0.4) is 0 Å². The molecule has 0 aliphatic carbocycles. The Labute approximate surface area is 130 Å². The van der Waals surface area contributed by atoms with Crippen LogP contribution in [0, 0.1) is 5.92 Å². The zero-order chi connectivity index (χ0) is 15.8. The number of esters is 1. The van der Waals surface area contributed by atoms with Crippen LogP contribution in [0.4, 0.5) is 10.5 Å². The van der Waals surface area contributed by atoms with Crippen molar-refractivity contribution >= 4 is 17.7 Å². The molecular weight excluding hydrogens is 284 g/mol. The third-order valence-electron chi connectivity index (χ3n) is 3.39. The first-order chi connectivity index (χ1) is 10.7. The predicted octanol–water partition coefficient (Wildman–Crippen LogP) is 2.41. The van der Waals surface area contributed by atoms with Gasteiger partial charge in [0.05, 0.1) is 18.8 Å². The van der Waals surface area contributed by atoms with Crippen molar-refractivity contribution in [3.8, 4) is 0 Å². The molecule has 1 unspecified atom stereocenters. The minimum atomic E-state index is -0.348. The Morgan fingerprint density at radius 3 is 2.73 bits per heavy atom. The van der Waals surface area contributed by atoms with Gasteiger partial charge in [-0.3, -0.25) is 0 Å². The van der Waals surface area contributed by atoms with Gasteiger partial charge in [0.15, 0.2) is 0 Å². The van der Waals surface area contributed by atoms with Crippen molar-refractivity contribution in [3.05, 3.63) is 29.8 Å². The molecule has 2 rings (SSSR count). The molecule has 6 nitrogen and oxygen atoms in total. The normalized spacial score (nSPS) is 17.0. The van der Waals surface area contributed by atoms with Crippen LogP contribution in [0.5, 0.6) is 0 Å². The number of hydrogen-bond donors (Lipinski definition) is 2. The highest BCUT2D eigenvalue weighted by Gasteiger charge is 2.16. The fourth-order valence-electron chi connectivity index (χ4n) is 2.12. The van der Waals surface area contributed by atoms with Crippen molar-refractivity contribution in [1.82, 2.24) is 5.32 Å². The maximum atomic E-state index is 11.8. The largest absolute Gasteiger partial charge is 0.462 e. The van der Waals surface area contributed by atoms with Crippen LogP contribution in [-0.2, 0) is 9.47 Å². The second-order valence-corrected chi connectivity index (χ2v) is 5.28. The van der Waals surface area contributed by atoms with E-state index in [0.29, 0.717) is 36.9 Å². The van der Waals surface area contributed by atoms with Crippen molar-refractivity contribution in [2.45, 2.75) is 19.8 Å². The molecule has 0 spiro atoms. The van der Waals surface area contributed by atoms with Crippen LogP contribution in [0.15, 0.2) is 24.3 Å². The Balaban J connectivity index is 1.77. The molecule has 1 aliphatic heterocycles. The first kappa shape index (κ1) is 16.3. The van der Waals surface area contributed by atoms with Gasteiger partial charge in [0.1, 0.15) is 0 Å². The summed E-state index contributed by atoms with van der Waals surface area (Å²) in [6.45, 7) is 4.43. The number of benzene rings is 1. The summed E-state index contributed by atoms with van der Waals surface area (Å²) >= 11 is 0. The van der Waals surface area contributed by atoms with Gasteiger partial charge in [-0.15, -0.1) is 0 Å². The molecule has 1 atom stereocenters. The van der Waals surface area contributed by atoms with Gasteiger partial charge in [-0.05, 0) is 37.1 Å². The Morgan fingerprint density at radius 1 is 1.32 bits per heavy atom. The standard InChI is InChI=1S/C16H22N2O4/c1-2-8-22-15(19)13-3-5-14(6-4-13)18-16(20)17-10-12-7-9-21-11-12/h3-6,12H,2,7-11H2,1H3,(H2,17,18,20). The zero-order valence-electron chi connectivity index (χ0n) is 12.8. The van der Waals surface area contributed by atoms with Gasteiger partial charge < -0.3 is 20.1 Å².